The summed E-state index contributed by atoms with van der Waals surface area (Å²) in [7, 11) is 0. The van der Waals surface area contributed by atoms with Crippen molar-refractivity contribution in [2.24, 2.45) is 0 Å². The minimum absolute atomic E-state index is 0.0499. The van der Waals surface area contributed by atoms with Gasteiger partial charge < -0.3 is 20.4 Å². The Kier molecular flexibility index (Phi) is 4.12. The first-order valence-corrected chi connectivity index (χ1v) is 6.60. The van der Waals surface area contributed by atoms with Crippen LogP contribution in [0.1, 0.15) is 30.1 Å². The molecule has 2 rings (SSSR count). The molecule has 1 aromatic rings. The van der Waals surface area contributed by atoms with E-state index < -0.39 is 11.9 Å². The van der Waals surface area contributed by atoms with Crippen molar-refractivity contribution in [3.8, 4) is 11.5 Å². The maximum absolute atomic E-state index is 12.1. The molecule has 0 radical (unpaired) electrons. The summed E-state index contributed by atoms with van der Waals surface area (Å²) in [6, 6.07) is 3.02. The summed E-state index contributed by atoms with van der Waals surface area (Å²) >= 11 is 0. The zero-order valence-corrected chi connectivity index (χ0v) is 11.3. The van der Waals surface area contributed by atoms with E-state index in [1.54, 1.807) is 11.8 Å². The second kappa shape index (κ2) is 5.81. The Labute approximate surface area is 117 Å². The minimum atomic E-state index is -0.664. The van der Waals surface area contributed by atoms with Crippen molar-refractivity contribution in [2.75, 3.05) is 13.1 Å². The molecule has 3 N–H and O–H groups in total. The van der Waals surface area contributed by atoms with Gasteiger partial charge in [0.1, 0.15) is 17.5 Å². The van der Waals surface area contributed by atoms with Crippen LogP contribution in [0.15, 0.2) is 18.2 Å². The maximum Gasteiger partial charge on any atom is 0.255 e. The van der Waals surface area contributed by atoms with Gasteiger partial charge in [0.25, 0.3) is 5.91 Å². The van der Waals surface area contributed by atoms with Gasteiger partial charge in [-0.3, -0.25) is 9.59 Å². The third-order valence-corrected chi connectivity index (χ3v) is 3.36. The molecule has 0 aliphatic carbocycles. The molecule has 1 heterocycles. The molecule has 1 aromatic carbocycles. The predicted molar refractivity (Wildman–Crippen MR) is 72.5 cm³/mol. The number of carbonyl (C=O) groups excluding carboxylic acids is 2. The number of benzene rings is 1. The lowest BCUT2D eigenvalue weighted by atomic mass is 10.1. The molecule has 2 amide bonds. The zero-order chi connectivity index (χ0) is 14.7. The molecular formula is C14H18N2O4. The molecule has 1 aliphatic heterocycles. The molecule has 1 fully saturated rings. The largest absolute Gasteiger partial charge is 0.508 e. The molecule has 0 aromatic heterocycles. The van der Waals surface area contributed by atoms with Crippen LogP contribution in [0, 0.1) is 0 Å². The molecule has 20 heavy (non-hydrogen) atoms. The summed E-state index contributed by atoms with van der Waals surface area (Å²) in [6.45, 7) is 3.05. The van der Waals surface area contributed by atoms with Crippen molar-refractivity contribution >= 4 is 11.8 Å². The van der Waals surface area contributed by atoms with Crippen LogP contribution in [-0.4, -0.2) is 46.1 Å². The molecular weight excluding hydrogens is 260 g/mol. The normalized spacial score (nSPS) is 15.9. The highest BCUT2D eigenvalue weighted by atomic mass is 16.3. The van der Waals surface area contributed by atoms with Crippen LogP contribution in [0.3, 0.4) is 0 Å². The van der Waals surface area contributed by atoms with E-state index in [0.717, 1.165) is 32.0 Å². The van der Waals surface area contributed by atoms with E-state index in [-0.39, 0.29) is 23.0 Å². The lowest BCUT2D eigenvalue weighted by Gasteiger charge is -2.21. The third-order valence-electron chi connectivity index (χ3n) is 3.36. The summed E-state index contributed by atoms with van der Waals surface area (Å²) in [4.78, 5) is 25.8. The number of amides is 2. The van der Waals surface area contributed by atoms with Gasteiger partial charge in [-0.25, -0.2) is 0 Å². The van der Waals surface area contributed by atoms with Gasteiger partial charge in [-0.2, -0.15) is 0 Å². The SMILES string of the molecule is CC(NC(=O)c1cc(O)ccc1O)C(=O)N1CCCC1. The number of nitrogens with zero attached hydrogens (tertiary/aromatic N) is 1. The highest BCUT2D eigenvalue weighted by Gasteiger charge is 2.25. The molecule has 1 aliphatic rings. The Balaban J connectivity index is 2.03. The van der Waals surface area contributed by atoms with E-state index in [4.69, 9.17) is 0 Å². The molecule has 0 spiro atoms. The van der Waals surface area contributed by atoms with Crippen molar-refractivity contribution in [2.45, 2.75) is 25.8 Å². The molecule has 0 bridgehead atoms. The number of rotatable bonds is 3. The predicted octanol–water partition coefficient (Wildman–Crippen LogP) is 0.839. The standard InChI is InChI=1S/C14H18N2O4/c1-9(14(20)16-6-2-3-7-16)15-13(19)11-8-10(17)4-5-12(11)18/h4-5,8-9,17-18H,2-3,6-7H2,1H3,(H,15,19). The molecule has 0 saturated carbocycles. The van der Waals surface area contributed by atoms with Crippen molar-refractivity contribution < 1.29 is 19.8 Å². The quantitative estimate of drug-likeness (QED) is 0.715. The van der Waals surface area contributed by atoms with Crippen LogP contribution >= 0.6 is 0 Å². The summed E-state index contributed by atoms with van der Waals surface area (Å²) < 4.78 is 0. The number of phenols is 2. The topological polar surface area (TPSA) is 89.9 Å². The minimum Gasteiger partial charge on any atom is -0.508 e. The van der Waals surface area contributed by atoms with Crippen molar-refractivity contribution in [1.29, 1.82) is 0 Å². The lowest BCUT2D eigenvalue weighted by molar-refractivity contribution is -0.131. The third kappa shape index (κ3) is 3.01. The maximum atomic E-state index is 12.1. The first-order valence-electron chi connectivity index (χ1n) is 6.60. The summed E-state index contributed by atoms with van der Waals surface area (Å²) in [5, 5.41) is 21.5. The van der Waals surface area contributed by atoms with E-state index in [0.29, 0.717) is 0 Å². The number of nitrogens with one attached hydrogen (secondary N) is 1. The number of aromatic hydroxyl groups is 2. The fraction of sp³-hybridized carbons (Fsp3) is 0.429. The van der Waals surface area contributed by atoms with Gasteiger partial charge >= 0.3 is 0 Å². The van der Waals surface area contributed by atoms with Crippen molar-refractivity contribution in [1.82, 2.24) is 10.2 Å². The van der Waals surface area contributed by atoms with Crippen LogP contribution < -0.4 is 5.32 Å². The molecule has 1 atom stereocenters. The number of carbonyl (C=O) groups is 2. The van der Waals surface area contributed by atoms with Gasteiger partial charge in [-0.1, -0.05) is 0 Å². The first kappa shape index (κ1) is 14.2. The molecule has 108 valence electrons. The number of phenolic OH excluding ortho intramolecular Hbond substituents is 2. The van der Waals surface area contributed by atoms with Crippen molar-refractivity contribution in [3.05, 3.63) is 23.8 Å². The van der Waals surface area contributed by atoms with Gasteiger partial charge in [0.2, 0.25) is 5.91 Å². The number of hydrogen-bond acceptors (Lipinski definition) is 4. The molecule has 6 heteroatoms. The Morgan fingerprint density at radius 3 is 2.55 bits per heavy atom. The van der Waals surface area contributed by atoms with Gasteiger partial charge in [-0.15, -0.1) is 0 Å². The average Bonchev–Trinajstić information content (AvgIpc) is 2.94. The van der Waals surface area contributed by atoms with E-state index >= 15 is 0 Å². The van der Waals surface area contributed by atoms with Crippen LogP contribution in [0.4, 0.5) is 0 Å². The summed E-state index contributed by atoms with van der Waals surface area (Å²) in [5.74, 6) is -1.07. The average molecular weight is 278 g/mol. The Morgan fingerprint density at radius 1 is 1.25 bits per heavy atom. The lowest BCUT2D eigenvalue weighted by Crippen LogP contribution is -2.45. The second-order valence-corrected chi connectivity index (χ2v) is 4.93. The van der Waals surface area contributed by atoms with Crippen molar-refractivity contribution in [3.63, 3.8) is 0 Å². The van der Waals surface area contributed by atoms with E-state index in [9.17, 15) is 19.8 Å². The van der Waals surface area contributed by atoms with Crippen LogP contribution in [0.2, 0.25) is 0 Å². The van der Waals surface area contributed by atoms with Gasteiger partial charge in [0, 0.05) is 13.1 Å². The Bertz CT molecular complexity index is 524. The molecule has 1 saturated heterocycles. The van der Waals surface area contributed by atoms with Gasteiger partial charge in [-0.05, 0) is 38.0 Å². The van der Waals surface area contributed by atoms with E-state index in [1.807, 2.05) is 0 Å². The highest BCUT2D eigenvalue weighted by Crippen LogP contribution is 2.22. The van der Waals surface area contributed by atoms with Crippen LogP contribution in [-0.2, 0) is 4.79 Å². The monoisotopic (exact) mass is 278 g/mol. The van der Waals surface area contributed by atoms with Gasteiger partial charge in [0.15, 0.2) is 0 Å². The Morgan fingerprint density at radius 2 is 1.90 bits per heavy atom. The fourth-order valence-corrected chi connectivity index (χ4v) is 2.25. The number of hydrogen-bond donors (Lipinski definition) is 3. The zero-order valence-electron chi connectivity index (χ0n) is 11.3. The van der Waals surface area contributed by atoms with Crippen LogP contribution in [0.25, 0.3) is 0 Å². The highest BCUT2D eigenvalue weighted by molar-refractivity contribution is 5.99. The smallest absolute Gasteiger partial charge is 0.255 e. The molecule has 1 unspecified atom stereocenters. The first-order chi connectivity index (χ1) is 9.49. The Hall–Kier alpha value is -2.24. The van der Waals surface area contributed by atoms with Gasteiger partial charge in [0.05, 0.1) is 5.56 Å². The molecule has 6 nitrogen and oxygen atoms in total. The fourth-order valence-electron chi connectivity index (χ4n) is 2.25. The summed E-state index contributed by atoms with van der Waals surface area (Å²) in [6.07, 6.45) is 1.97. The van der Waals surface area contributed by atoms with E-state index in [1.165, 1.54) is 12.1 Å². The summed E-state index contributed by atoms with van der Waals surface area (Å²) in [5.41, 5.74) is -0.0499. The second-order valence-electron chi connectivity index (χ2n) is 4.93. The van der Waals surface area contributed by atoms with E-state index in [2.05, 4.69) is 5.32 Å². The van der Waals surface area contributed by atoms with Crippen LogP contribution in [0.5, 0.6) is 11.5 Å². The number of likely N-dealkylation sites (tertiary alicyclic amines) is 1.